The number of nitrogens with zero attached hydrogens (tertiary/aromatic N) is 1. The normalized spacial score (nSPS) is 15.7. The SMILES string of the molecule is COc1cccc2cc(C(=O)NCC(c3ccccc3)N3CCCC3)oc12. The molecule has 0 spiro atoms. The van der Waals surface area contributed by atoms with E-state index in [4.69, 9.17) is 9.15 Å². The molecule has 1 aliphatic heterocycles. The third kappa shape index (κ3) is 3.69. The van der Waals surface area contributed by atoms with Crippen molar-refractivity contribution in [1.29, 1.82) is 0 Å². The average Bonchev–Trinajstić information content (AvgIpc) is 3.38. The molecule has 4 rings (SSSR count). The predicted octanol–water partition coefficient (Wildman–Crippen LogP) is 4.01. The Balaban J connectivity index is 1.51. The summed E-state index contributed by atoms with van der Waals surface area (Å²) in [5.41, 5.74) is 1.83. The molecular weight excluding hydrogens is 340 g/mol. The molecule has 0 saturated carbocycles. The number of methoxy groups -OCH3 is 1. The van der Waals surface area contributed by atoms with Gasteiger partial charge in [-0.1, -0.05) is 42.5 Å². The van der Waals surface area contributed by atoms with Crippen molar-refractivity contribution in [2.24, 2.45) is 0 Å². The Bertz CT molecular complexity index is 914. The Labute approximate surface area is 158 Å². The Kier molecular flexibility index (Phi) is 5.12. The van der Waals surface area contributed by atoms with Crippen LogP contribution in [0.5, 0.6) is 5.75 Å². The van der Waals surface area contributed by atoms with Gasteiger partial charge in [-0.2, -0.15) is 0 Å². The van der Waals surface area contributed by atoms with Crippen LogP contribution < -0.4 is 10.1 Å². The first-order valence-electron chi connectivity index (χ1n) is 9.40. The van der Waals surface area contributed by atoms with Gasteiger partial charge in [0.2, 0.25) is 0 Å². The molecule has 1 fully saturated rings. The van der Waals surface area contributed by atoms with E-state index in [2.05, 4.69) is 22.3 Å². The third-order valence-corrected chi connectivity index (χ3v) is 5.17. The fourth-order valence-corrected chi connectivity index (χ4v) is 3.77. The number of benzene rings is 2. The number of amides is 1. The molecule has 0 aliphatic carbocycles. The van der Waals surface area contributed by atoms with Crippen LogP contribution in [-0.4, -0.2) is 37.6 Å². The topological polar surface area (TPSA) is 54.7 Å². The van der Waals surface area contributed by atoms with E-state index in [1.54, 1.807) is 13.2 Å². The monoisotopic (exact) mass is 364 g/mol. The number of fused-ring (bicyclic) bond motifs is 1. The van der Waals surface area contributed by atoms with Crippen LogP contribution in [0.3, 0.4) is 0 Å². The van der Waals surface area contributed by atoms with Gasteiger partial charge < -0.3 is 14.5 Å². The number of carbonyl (C=O) groups excluding carboxylic acids is 1. The molecule has 0 bridgehead atoms. The van der Waals surface area contributed by atoms with Gasteiger partial charge in [0, 0.05) is 11.9 Å². The first-order chi connectivity index (χ1) is 13.3. The first kappa shape index (κ1) is 17.6. The minimum absolute atomic E-state index is 0.177. The lowest BCUT2D eigenvalue weighted by atomic mass is 10.1. The van der Waals surface area contributed by atoms with Gasteiger partial charge in [0.1, 0.15) is 0 Å². The summed E-state index contributed by atoms with van der Waals surface area (Å²) in [7, 11) is 1.59. The summed E-state index contributed by atoms with van der Waals surface area (Å²) >= 11 is 0. The van der Waals surface area contributed by atoms with Gasteiger partial charge in [-0.05, 0) is 43.6 Å². The van der Waals surface area contributed by atoms with E-state index in [1.165, 1.54) is 18.4 Å². The molecule has 0 radical (unpaired) electrons. The maximum Gasteiger partial charge on any atom is 0.287 e. The predicted molar refractivity (Wildman–Crippen MR) is 105 cm³/mol. The highest BCUT2D eigenvalue weighted by molar-refractivity contribution is 5.97. The molecule has 5 nitrogen and oxygen atoms in total. The molecule has 2 aromatic carbocycles. The zero-order valence-electron chi connectivity index (χ0n) is 15.5. The van der Waals surface area contributed by atoms with Gasteiger partial charge in [-0.25, -0.2) is 0 Å². The van der Waals surface area contributed by atoms with E-state index < -0.39 is 0 Å². The number of likely N-dealkylation sites (tertiary alicyclic amines) is 1. The van der Waals surface area contributed by atoms with Crippen molar-refractivity contribution in [2.75, 3.05) is 26.7 Å². The molecule has 1 aromatic heterocycles. The molecule has 3 aromatic rings. The van der Waals surface area contributed by atoms with Crippen LogP contribution in [0.25, 0.3) is 11.0 Å². The van der Waals surface area contributed by atoms with Crippen LogP contribution in [-0.2, 0) is 0 Å². The zero-order valence-corrected chi connectivity index (χ0v) is 15.5. The Morgan fingerprint density at radius 3 is 2.67 bits per heavy atom. The van der Waals surface area contributed by atoms with E-state index in [-0.39, 0.29) is 11.9 Å². The summed E-state index contributed by atoms with van der Waals surface area (Å²) in [6.07, 6.45) is 2.42. The lowest BCUT2D eigenvalue weighted by Gasteiger charge is -2.28. The minimum atomic E-state index is -0.201. The number of para-hydroxylation sites is 1. The number of hydrogen-bond donors (Lipinski definition) is 1. The number of ether oxygens (including phenoxy) is 1. The van der Waals surface area contributed by atoms with Gasteiger partial charge in [0.25, 0.3) is 5.91 Å². The fraction of sp³-hybridized carbons (Fsp3) is 0.318. The summed E-state index contributed by atoms with van der Waals surface area (Å²) in [5, 5.41) is 3.92. The minimum Gasteiger partial charge on any atom is -0.493 e. The third-order valence-electron chi connectivity index (χ3n) is 5.17. The van der Waals surface area contributed by atoms with E-state index in [0.717, 1.165) is 18.5 Å². The lowest BCUT2D eigenvalue weighted by Crippen LogP contribution is -2.36. The van der Waals surface area contributed by atoms with Crippen LogP contribution in [0.1, 0.15) is 35.0 Å². The molecule has 5 heteroatoms. The van der Waals surface area contributed by atoms with Crippen molar-refractivity contribution in [3.05, 3.63) is 65.9 Å². The van der Waals surface area contributed by atoms with E-state index >= 15 is 0 Å². The number of nitrogens with one attached hydrogen (secondary N) is 1. The van der Waals surface area contributed by atoms with Gasteiger partial charge in [0.15, 0.2) is 17.1 Å². The second-order valence-corrected chi connectivity index (χ2v) is 6.87. The van der Waals surface area contributed by atoms with Crippen LogP contribution in [0.4, 0.5) is 0 Å². The summed E-state index contributed by atoms with van der Waals surface area (Å²) in [4.78, 5) is 15.1. The lowest BCUT2D eigenvalue weighted by molar-refractivity contribution is 0.0912. The average molecular weight is 364 g/mol. The second-order valence-electron chi connectivity index (χ2n) is 6.87. The Morgan fingerprint density at radius 2 is 1.93 bits per heavy atom. The van der Waals surface area contributed by atoms with Crippen LogP contribution in [0.15, 0.2) is 59.0 Å². The molecule has 1 saturated heterocycles. The number of rotatable bonds is 6. The molecule has 27 heavy (non-hydrogen) atoms. The highest BCUT2D eigenvalue weighted by Gasteiger charge is 2.24. The number of hydrogen-bond acceptors (Lipinski definition) is 4. The smallest absolute Gasteiger partial charge is 0.287 e. The summed E-state index contributed by atoms with van der Waals surface area (Å²) in [5.74, 6) is 0.738. The van der Waals surface area contributed by atoms with Gasteiger partial charge in [-0.15, -0.1) is 0 Å². The fourth-order valence-electron chi connectivity index (χ4n) is 3.77. The van der Waals surface area contributed by atoms with Gasteiger partial charge in [0.05, 0.1) is 13.2 Å². The van der Waals surface area contributed by atoms with E-state index in [9.17, 15) is 4.79 Å². The first-order valence-corrected chi connectivity index (χ1v) is 9.40. The number of carbonyl (C=O) groups is 1. The largest absolute Gasteiger partial charge is 0.493 e. The van der Waals surface area contributed by atoms with Crippen LogP contribution >= 0.6 is 0 Å². The van der Waals surface area contributed by atoms with Crippen molar-refractivity contribution >= 4 is 16.9 Å². The maximum absolute atomic E-state index is 12.7. The molecule has 1 N–H and O–H groups in total. The highest BCUT2D eigenvalue weighted by atomic mass is 16.5. The van der Waals surface area contributed by atoms with Gasteiger partial charge in [-0.3, -0.25) is 9.69 Å². The maximum atomic E-state index is 12.7. The highest BCUT2D eigenvalue weighted by Crippen LogP contribution is 2.29. The molecule has 2 heterocycles. The molecule has 1 atom stereocenters. The summed E-state index contributed by atoms with van der Waals surface area (Å²) < 4.78 is 11.1. The molecule has 140 valence electrons. The van der Waals surface area contributed by atoms with Crippen LogP contribution in [0.2, 0.25) is 0 Å². The van der Waals surface area contributed by atoms with Crippen LogP contribution in [0, 0.1) is 0 Å². The van der Waals surface area contributed by atoms with Crippen molar-refractivity contribution < 1.29 is 13.9 Å². The Morgan fingerprint density at radius 1 is 1.15 bits per heavy atom. The van der Waals surface area contributed by atoms with Crippen molar-refractivity contribution in [2.45, 2.75) is 18.9 Å². The van der Waals surface area contributed by atoms with Crippen molar-refractivity contribution in [3.8, 4) is 5.75 Å². The molecule has 1 amide bonds. The Hall–Kier alpha value is -2.79. The van der Waals surface area contributed by atoms with E-state index in [0.29, 0.717) is 23.6 Å². The van der Waals surface area contributed by atoms with E-state index in [1.807, 2.05) is 36.4 Å². The standard InChI is InChI=1S/C22H24N2O3/c1-26-19-11-7-10-17-14-20(27-21(17)19)22(25)23-15-18(24-12-5-6-13-24)16-8-3-2-4-9-16/h2-4,7-11,14,18H,5-6,12-13,15H2,1H3,(H,23,25). The molecular formula is C22H24N2O3. The van der Waals surface area contributed by atoms with Crippen molar-refractivity contribution in [3.63, 3.8) is 0 Å². The quantitative estimate of drug-likeness (QED) is 0.718. The zero-order chi connectivity index (χ0) is 18.6. The number of furan rings is 1. The van der Waals surface area contributed by atoms with Gasteiger partial charge >= 0.3 is 0 Å². The second kappa shape index (κ2) is 7.84. The summed E-state index contributed by atoms with van der Waals surface area (Å²) in [6, 6.07) is 17.9. The molecule has 1 aliphatic rings. The van der Waals surface area contributed by atoms with Crippen molar-refractivity contribution in [1.82, 2.24) is 10.2 Å². The summed E-state index contributed by atoms with van der Waals surface area (Å²) in [6.45, 7) is 2.69. The molecule has 1 unspecified atom stereocenters.